The maximum Gasteiger partial charge on any atom is 0.191 e. The van der Waals surface area contributed by atoms with E-state index in [1.165, 1.54) is 29.5 Å². The van der Waals surface area contributed by atoms with E-state index >= 15 is 0 Å². The van der Waals surface area contributed by atoms with Crippen LogP contribution in [0.25, 0.3) is 0 Å². The predicted molar refractivity (Wildman–Crippen MR) is 98.2 cm³/mol. The van der Waals surface area contributed by atoms with E-state index in [2.05, 4.69) is 33.8 Å². The lowest BCUT2D eigenvalue weighted by Gasteiger charge is -2.21. The molecule has 2 aromatic carbocycles. The molecule has 2 aromatic rings. The minimum atomic E-state index is 0.377. The van der Waals surface area contributed by atoms with Gasteiger partial charge in [-0.1, -0.05) is 36.4 Å². The number of aliphatic imine (C=N–C) groups is 1. The fraction of sp³-hybridized carbons (Fsp3) is 0.350. The number of benzene rings is 2. The summed E-state index contributed by atoms with van der Waals surface area (Å²) in [6.07, 6.45) is 4.61. The Kier molecular flexibility index (Phi) is 5.36. The third-order valence-corrected chi connectivity index (χ3v) is 4.59. The van der Waals surface area contributed by atoms with E-state index in [9.17, 15) is 5.11 Å². The molecule has 126 valence electrons. The normalized spacial score (nSPS) is 14.1. The molecule has 0 bridgehead atoms. The molecule has 4 heteroatoms. The van der Waals surface area contributed by atoms with Crippen molar-refractivity contribution in [3.8, 4) is 5.75 Å². The third-order valence-electron chi connectivity index (χ3n) is 4.59. The maximum atomic E-state index is 10.3. The Balaban J connectivity index is 1.64. The van der Waals surface area contributed by atoms with Crippen molar-refractivity contribution < 1.29 is 5.11 Å². The first-order chi connectivity index (χ1) is 11.8. The Hall–Kier alpha value is -2.49. The molecule has 0 saturated heterocycles. The van der Waals surface area contributed by atoms with Crippen LogP contribution in [-0.2, 0) is 25.9 Å². The number of hydrogen-bond donors (Lipinski definition) is 3. The van der Waals surface area contributed by atoms with Crippen LogP contribution in [0, 0.1) is 0 Å². The average molecular weight is 323 g/mol. The van der Waals surface area contributed by atoms with Crippen LogP contribution in [0.3, 0.4) is 0 Å². The quantitative estimate of drug-likeness (QED) is 0.598. The second-order valence-electron chi connectivity index (χ2n) is 6.17. The van der Waals surface area contributed by atoms with Gasteiger partial charge >= 0.3 is 0 Å². The Morgan fingerprint density at radius 3 is 2.54 bits per heavy atom. The van der Waals surface area contributed by atoms with Gasteiger partial charge < -0.3 is 15.7 Å². The molecule has 0 spiro atoms. The van der Waals surface area contributed by atoms with Gasteiger partial charge in [0.1, 0.15) is 5.75 Å². The van der Waals surface area contributed by atoms with Gasteiger partial charge in [0.25, 0.3) is 0 Å². The van der Waals surface area contributed by atoms with Crippen LogP contribution in [-0.4, -0.2) is 18.1 Å². The summed E-state index contributed by atoms with van der Waals surface area (Å²) in [4.78, 5) is 4.27. The van der Waals surface area contributed by atoms with Crippen molar-refractivity contribution in [3.63, 3.8) is 0 Å². The zero-order valence-corrected chi connectivity index (χ0v) is 14.2. The summed E-state index contributed by atoms with van der Waals surface area (Å²) in [5, 5.41) is 16.9. The van der Waals surface area contributed by atoms with E-state index in [-0.39, 0.29) is 0 Å². The van der Waals surface area contributed by atoms with E-state index < -0.39 is 0 Å². The van der Waals surface area contributed by atoms with Gasteiger partial charge in [-0.25, -0.2) is 0 Å². The largest absolute Gasteiger partial charge is 0.508 e. The van der Waals surface area contributed by atoms with Crippen molar-refractivity contribution >= 4 is 5.96 Å². The van der Waals surface area contributed by atoms with Crippen molar-refractivity contribution in [2.24, 2.45) is 4.99 Å². The lowest BCUT2D eigenvalue weighted by atomic mass is 9.88. The number of hydrogen-bond acceptors (Lipinski definition) is 2. The lowest BCUT2D eigenvalue weighted by Crippen LogP contribution is -2.36. The molecule has 1 aliphatic rings. The minimum Gasteiger partial charge on any atom is -0.508 e. The SMILES string of the molecule is CN=C(NCc1ccccc1)NCc1c(O)ccc2c1CCCC2. The summed E-state index contributed by atoms with van der Waals surface area (Å²) in [6, 6.07) is 14.1. The topological polar surface area (TPSA) is 56.7 Å². The highest BCUT2D eigenvalue weighted by molar-refractivity contribution is 5.79. The van der Waals surface area contributed by atoms with Crippen LogP contribution in [0.2, 0.25) is 0 Å². The summed E-state index contributed by atoms with van der Waals surface area (Å²) in [7, 11) is 1.76. The first kappa shape index (κ1) is 16.4. The van der Waals surface area contributed by atoms with Crippen LogP contribution in [0.4, 0.5) is 0 Å². The summed E-state index contributed by atoms with van der Waals surface area (Å²) < 4.78 is 0. The molecule has 1 aliphatic carbocycles. The molecule has 24 heavy (non-hydrogen) atoms. The van der Waals surface area contributed by atoms with E-state index in [0.717, 1.165) is 30.9 Å². The first-order valence-electron chi connectivity index (χ1n) is 8.59. The zero-order valence-electron chi connectivity index (χ0n) is 14.2. The molecule has 0 heterocycles. The summed E-state index contributed by atoms with van der Waals surface area (Å²) in [5.74, 6) is 1.12. The first-order valence-corrected chi connectivity index (χ1v) is 8.59. The molecule has 3 rings (SSSR count). The molecule has 3 N–H and O–H groups in total. The third kappa shape index (κ3) is 3.88. The molecule has 4 nitrogen and oxygen atoms in total. The second kappa shape index (κ2) is 7.86. The Labute approximate surface area is 143 Å². The van der Waals surface area contributed by atoms with Crippen LogP contribution >= 0.6 is 0 Å². The minimum absolute atomic E-state index is 0.377. The monoisotopic (exact) mass is 323 g/mol. The standard InChI is InChI=1S/C20H25N3O/c1-21-20(22-13-15-7-3-2-4-8-15)23-14-18-17-10-6-5-9-16(17)11-12-19(18)24/h2-4,7-8,11-12,24H,5-6,9-10,13-14H2,1H3,(H2,21,22,23). The molecule has 0 aliphatic heterocycles. The van der Waals surface area contributed by atoms with E-state index in [4.69, 9.17) is 0 Å². The van der Waals surface area contributed by atoms with Crippen LogP contribution in [0.15, 0.2) is 47.5 Å². The van der Waals surface area contributed by atoms with Crippen LogP contribution in [0.5, 0.6) is 5.75 Å². The van der Waals surface area contributed by atoms with Crippen molar-refractivity contribution in [2.45, 2.75) is 38.8 Å². The van der Waals surface area contributed by atoms with E-state index in [0.29, 0.717) is 12.3 Å². The van der Waals surface area contributed by atoms with Crippen LogP contribution < -0.4 is 10.6 Å². The van der Waals surface area contributed by atoms with Crippen LogP contribution in [0.1, 0.15) is 35.1 Å². The highest BCUT2D eigenvalue weighted by atomic mass is 16.3. The summed E-state index contributed by atoms with van der Waals surface area (Å²) in [6.45, 7) is 1.31. The van der Waals surface area contributed by atoms with Gasteiger partial charge in [-0.05, 0) is 48.4 Å². The van der Waals surface area contributed by atoms with E-state index in [1.54, 1.807) is 7.05 Å². The lowest BCUT2D eigenvalue weighted by molar-refractivity contribution is 0.464. The number of phenols is 1. The van der Waals surface area contributed by atoms with Crippen molar-refractivity contribution in [2.75, 3.05) is 7.05 Å². The smallest absolute Gasteiger partial charge is 0.191 e. The van der Waals surface area contributed by atoms with Gasteiger partial charge in [-0.15, -0.1) is 0 Å². The molecular formula is C20H25N3O. The van der Waals surface area contributed by atoms with Gasteiger partial charge in [0.2, 0.25) is 0 Å². The maximum absolute atomic E-state index is 10.3. The van der Waals surface area contributed by atoms with Gasteiger partial charge in [0.05, 0.1) is 0 Å². The molecular weight excluding hydrogens is 298 g/mol. The van der Waals surface area contributed by atoms with Crippen molar-refractivity contribution in [3.05, 3.63) is 64.7 Å². The number of nitrogens with one attached hydrogen (secondary N) is 2. The number of phenolic OH excluding ortho intramolecular Hbond substituents is 1. The number of guanidine groups is 1. The molecule has 0 atom stereocenters. The van der Waals surface area contributed by atoms with Gasteiger partial charge in [0, 0.05) is 25.7 Å². The Morgan fingerprint density at radius 2 is 1.75 bits per heavy atom. The highest BCUT2D eigenvalue weighted by Gasteiger charge is 2.16. The molecule has 0 fully saturated rings. The fourth-order valence-electron chi connectivity index (χ4n) is 3.26. The van der Waals surface area contributed by atoms with E-state index in [1.807, 2.05) is 24.3 Å². The highest BCUT2D eigenvalue weighted by Crippen LogP contribution is 2.30. The van der Waals surface area contributed by atoms with Gasteiger partial charge in [-0.2, -0.15) is 0 Å². The molecule has 0 unspecified atom stereocenters. The number of fused-ring (bicyclic) bond motifs is 1. The summed E-state index contributed by atoms with van der Waals surface area (Å²) >= 11 is 0. The average Bonchev–Trinajstić information content (AvgIpc) is 2.64. The predicted octanol–water partition coefficient (Wildman–Crippen LogP) is 3.14. The number of nitrogens with zero attached hydrogens (tertiary/aromatic N) is 1. The summed E-state index contributed by atoms with van der Waals surface area (Å²) in [5.41, 5.74) is 4.91. The number of aryl methyl sites for hydroxylation is 1. The Bertz CT molecular complexity index is 710. The number of rotatable bonds is 4. The second-order valence-corrected chi connectivity index (χ2v) is 6.17. The number of aromatic hydroxyl groups is 1. The van der Waals surface area contributed by atoms with Crippen molar-refractivity contribution in [1.29, 1.82) is 0 Å². The fourth-order valence-corrected chi connectivity index (χ4v) is 3.26. The molecule has 0 radical (unpaired) electrons. The molecule has 0 aromatic heterocycles. The van der Waals surface area contributed by atoms with Gasteiger partial charge in [-0.3, -0.25) is 4.99 Å². The zero-order chi connectivity index (χ0) is 16.8. The van der Waals surface area contributed by atoms with Crippen molar-refractivity contribution in [1.82, 2.24) is 10.6 Å². The molecule has 0 saturated carbocycles. The Morgan fingerprint density at radius 1 is 1.00 bits per heavy atom. The van der Waals surface area contributed by atoms with Gasteiger partial charge in [0.15, 0.2) is 5.96 Å². The molecule has 0 amide bonds.